The summed E-state index contributed by atoms with van der Waals surface area (Å²) >= 11 is 6.07. The van der Waals surface area contributed by atoms with Gasteiger partial charge in [0.05, 0.1) is 25.9 Å². The number of aliphatic hydroxyl groups excluding tert-OH is 1. The zero-order chi connectivity index (χ0) is 12.3. The molecule has 1 fully saturated rings. The Morgan fingerprint density at radius 3 is 3.12 bits per heavy atom. The number of rotatable bonds is 3. The van der Waals surface area contributed by atoms with Gasteiger partial charge in [0.25, 0.3) is 0 Å². The number of nitrogens with zero attached hydrogens (tertiary/aromatic N) is 3. The van der Waals surface area contributed by atoms with Gasteiger partial charge in [-0.15, -0.1) is 0 Å². The molecule has 0 amide bonds. The fraction of sp³-hybridized carbons (Fsp3) is 0.636. The largest absolute Gasteiger partial charge is 0.394 e. The van der Waals surface area contributed by atoms with E-state index >= 15 is 0 Å². The lowest BCUT2D eigenvalue weighted by Crippen LogP contribution is -2.48. The molecule has 1 atom stereocenters. The van der Waals surface area contributed by atoms with Gasteiger partial charge in [0.1, 0.15) is 17.3 Å². The van der Waals surface area contributed by atoms with Crippen LogP contribution >= 0.6 is 11.6 Å². The first kappa shape index (κ1) is 12.5. The van der Waals surface area contributed by atoms with E-state index < -0.39 is 0 Å². The smallest absolute Gasteiger partial charge is 0.137 e. The van der Waals surface area contributed by atoms with Gasteiger partial charge in [0, 0.05) is 12.1 Å². The third-order valence-corrected chi connectivity index (χ3v) is 3.26. The predicted octanol–water partition coefficient (Wildman–Crippen LogP) is 0.890. The third kappa shape index (κ3) is 2.51. The van der Waals surface area contributed by atoms with E-state index in [4.69, 9.17) is 16.3 Å². The van der Waals surface area contributed by atoms with Crippen molar-refractivity contribution in [2.45, 2.75) is 19.4 Å². The van der Waals surface area contributed by atoms with Gasteiger partial charge in [-0.3, -0.25) is 0 Å². The van der Waals surface area contributed by atoms with Crippen molar-refractivity contribution in [1.29, 1.82) is 0 Å². The summed E-state index contributed by atoms with van der Waals surface area (Å²) in [6.45, 7) is 3.93. The first-order valence-corrected chi connectivity index (χ1v) is 6.10. The molecule has 0 spiro atoms. The van der Waals surface area contributed by atoms with E-state index in [1.165, 1.54) is 6.33 Å². The molecule has 1 aromatic heterocycles. The molecule has 1 aliphatic heterocycles. The number of morpholine rings is 1. The highest BCUT2D eigenvalue weighted by Gasteiger charge is 2.26. The van der Waals surface area contributed by atoms with E-state index in [1.807, 2.05) is 6.92 Å². The Hall–Kier alpha value is -0.910. The Bertz CT molecular complexity index is 389. The second-order valence-electron chi connectivity index (χ2n) is 3.92. The lowest BCUT2D eigenvalue weighted by molar-refractivity contribution is 0.0722. The van der Waals surface area contributed by atoms with Crippen molar-refractivity contribution in [2.24, 2.45) is 0 Å². The SMILES string of the molecule is CCc1c(Cl)ncnc1N1CCOCC1CO. The van der Waals surface area contributed by atoms with Crippen LogP contribution in [-0.4, -0.2) is 47.5 Å². The molecular weight excluding hydrogens is 242 g/mol. The van der Waals surface area contributed by atoms with Gasteiger partial charge in [0.2, 0.25) is 0 Å². The van der Waals surface area contributed by atoms with Crippen LogP contribution in [0.3, 0.4) is 0 Å². The topological polar surface area (TPSA) is 58.5 Å². The normalized spacial score (nSPS) is 20.6. The summed E-state index contributed by atoms with van der Waals surface area (Å²) in [4.78, 5) is 10.3. The van der Waals surface area contributed by atoms with Crippen molar-refractivity contribution in [3.05, 3.63) is 17.0 Å². The van der Waals surface area contributed by atoms with Gasteiger partial charge in [-0.2, -0.15) is 0 Å². The van der Waals surface area contributed by atoms with E-state index in [-0.39, 0.29) is 12.6 Å². The standard InChI is InChI=1S/C11H16ClN3O2/c1-2-9-10(12)13-7-14-11(9)15-3-4-17-6-8(15)5-16/h7-8,16H,2-6H2,1H3. The molecule has 1 unspecified atom stereocenters. The number of aliphatic hydroxyl groups is 1. The molecule has 0 bridgehead atoms. The molecular formula is C11H16ClN3O2. The van der Waals surface area contributed by atoms with Gasteiger partial charge < -0.3 is 14.7 Å². The summed E-state index contributed by atoms with van der Waals surface area (Å²) in [5, 5.41) is 9.84. The highest BCUT2D eigenvalue weighted by molar-refractivity contribution is 6.30. The lowest BCUT2D eigenvalue weighted by atomic mass is 10.1. The zero-order valence-electron chi connectivity index (χ0n) is 9.77. The summed E-state index contributed by atoms with van der Waals surface area (Å²) in [6.07, 6.45) is 2.23. The molecule has 5 nitrogen and oxygen atoms in total. The number of aromatic nitrogens is 2. The molecule has 2 rings (SSSR count). The molecule has 94 valence electrons. The zero-order valence-corrected chi connectivity index (χ0v) is 10.5. The maximum Gasteiger partial charge on any atom is 0.137 e. The van der Waals surface area contributed by atoms with Crippen molar-refractivity contribution in [1.82, 2.24) is 9.97 Å². The minimum Gasteiger partial charge on any atom is -0.394 e. The average Bonchev–Trinajstić information content (AvgIpc) is 2.38. The van der Waals surface area contributed by atoms with Crippen LogP contribution in [0.2, 0.25) is 5.15 Å². The highest BCUT2D eigenvalue weighted by atomic mass is 35.5. The molecule has 1 N–H and O–H groups in total. The summed E-state index contributed by atoms with van der Waals surface area (Å²) in [5.41, 5.74) is 0.925. The van der Waals surface area contributed by atoms with Crippen molar-refractivity contribution < 1.29 is 9.84 Å². The summed E-state index contributed by atoms with van der Waals surface area (Å²) in [6, 6.07) is -0.0555. The van der Waals surface area contributed by atoms with Gasteiger partial charge in [-0.1, -0.05) is 18.5 Å². The molecule has 1 aromatic rings. The van der Waals surface area contributed by atoms with Crippen LogP contribution in [-0.2, 0) is 11.2 Å². The number of anilines is 1. The van der Waals surface area contributed by atoms with E-state index in [0.29, 0.717) is 24.9 Å². The van der Waals surface area contributed by atoms with Crippen molar-refractivity contribution >= 4 is 17.4 Å². The fourth-order valence-corrected chi connectivity index (χ4v) is 2.28. The molecule has 1 aliphatic rings. The highest BCUT2D eigenvalue weighted by Crippen LogP contribution is 2.26. The molecule has 0 radical (unpaired) electrons. The maximum atomic E-state index is 9.36. The summed E-state index contributed by atoms with van der Waals surface area (Å²) in [5.74, 6) is 0.815. The van der Waals surface area contributed by atoms with Crippen LogP contribution in [0.25, 0.3) is 0 Å². The quantitative estimate of drug-likeness (QED) is 0.815. The average molecular weight is 258 g/mol. The molecule has 0 aromatic carbocycles. The van der Waals surface area contributed by atoms with Crippen LogP contribution in [0.15, 0.2) is 6.33 Å². The summed E-state index contributed by atoms with van der Waals surface area (Å²) < 4.78 is 5.35. The first-order valence-electron chi connectivity index (χ1n) is 5.72. The molecule has 2 heterocycles. The second kappa shape index (κ2) is 5.62. The van der Waals surface area contributed by atoms with Gasteiger partial charge in [-0.05, 0) is 6.42 Å². The van der Waals surface area contributed by atoms with Crippen LogP contribution < -0.4 is 4.90 Å². The minimum absolute atomic E-state index is 0.0464. The van der Waals surface area contributed by atoms with Crippen LogP contribution in [0.4, 0.5) is 5.82 Å². The van der Waals surface area contributed by atoms with Crippen LogP contribution in [0, 0.1) is 0 Å². The Kier molecular flexibility index (Phi) is 4.15. The van der Waals surface area contributed by atoms with Crippen LogP contribution in [0.5, 0.6) is 0 Å². The number of hydrogen-bond donors (Lipinski definition) is 1. The molecule has 0 aliphatic carbocycles. The van der Waals surface area contributed by atoms with Crippen molar-refractivity contribution in [3.63, 3.8) is 0 Å². The molecule has 0 saturated carbocycles. The Morgan fingerprint density at radius 2 is 2.41 bits per heavy atom. The van der Waals surface area contributed by atoms with E-state index in [2.05, 4.69) is 14.9 Å². The van der Waals surface area contributed by atoms with E-state index in [9.17, 15) is 5.11 Å². The Labute approximate surface area is 105 Å². The lowest BCUT2D eigenvalue weighted by Gasteiger charge is -2.36. The number of hydrogen-bond acceptors (Lipinski definition) is 5. The molecule has 1 saturated heterocycles. The summed E-state index contributed by atoms with van der Waals surface area (Å²) in [7, 11) is 0. The first-order chi connectivity index (χ1) is 8.27. The number of halogens is 1. The Morgan fingerprint density at radius 1 is 1.59 bits per heavy atom. The van der Waals surface area contributed by atoms with Gasteiger partial charge in [0.15, 0.2) is 0 Å². The third-order valence-electron chi connectivity index (χ3n) is 2.93. The van der Waals surface area contributed by atoms with E-state index in [0.717, 1.165) is 17.8 Å². The number of ether oxygens (including phenoxy) is 1. The van der Waals surface area contributed by atoms with E-state index in [1.54, 1.807) is 0 Å². The molecule has 6 heteroatoms. The van der Waals surface area contributed by atoms with Crippen LogP contribution in [0.1, 0.15) is 12.5 Å². The predicted molar refractivity (Wildman–Crippen MR) is 65.5 cm³/mol. The second-order valence-corrected chi connectivity index (χ2v) is 4.28. The Balaban J connectivity index is 2.34. The molecule has 17 heavy (non-hydrogen) atoms. The van der Waals surface area contributed by atoms with Gasteiger partial charge >= 0.3 is 0 Å². The van der Waals surface area contributed by atoms with Crippen molar-refractivity contribution in [2.75, 3.05) is 31.3 Å². The minimum atomic E-state index is -0.0555. The monoisotopic (exact) mass is 257 g/mol. The maximum absolute atomic E-state index is 9.36. The van der Waals surface area contributed by atoms with Gasteiger partial charge in [-0.25, -0.2) is 9.97 Å². The fourth-order valence-electron chi connectivity index (χ4n) is 2.02. The van der Waals surface area contributed by atoms with Crippen molar-refractivity contribution in [3.8, 4) is 0 Å².